The van der Waals surface area contributed by atoms with E-state index in [9.17, 15) is 13.2 Å². The molecule has 0 saturated carbocycles. The summed E-state index contributed by atoms with van der Waals surface area (Å²) in [6.07, 6.45) is -2.89. The minimum Gasteiger partial charge on any atom is -0.317 e. The molecule has 0 saturated heterocycles. The first kappa shape index (κ1) is 11.9. The highest BCUT2D eigenvalue weighted by Gasteiger charge is 2.32. The zero-order chi connectivity index (χ0) is 11.5. The van der Waals surface area contributed by atoms with Gasteiger partial charge in [0.05, 0.1) is 0 Å². The van der Waals surface area contributed by atoms with Crippen LogP contribution < -0.4 is 5.32 Å². The number of hydrogen-bond acceptors (Lipinski definition) is 3. The summed E-state index contributed by atoms with van der Waals surface area (Å²) in [6, 6.07) is 0.918. The van der Waals surface area contributed by atoms with Crippen LogP contribution in [-0.4, -0.2) is 23.1 Å². The summed E-state index contributed by atoms with van der Waals surface area (Å²) >= 11 is 0. The predicted octanol–water partition coefficient (Wildman–Crippen LogP) is 1.65. The van der Waals surface area contributed by atoms with Crippen LogP contribution in [0.4, 0.5) is 13.2 Å². The monoisotopic (exact) mass is 219 g/mol. The van der Waals surface area contributed by atoms with Crippen LogP contribution in [0.1, 0.15) is 18.4 Å². The van der Waals surface area contributed by atoms with Crippen molar-refractivity contribution in [1.29, 1.82) is 0 Å². The van der Waals surface area contributed by atoms with E-state index in [1.165, 1.54) is 0 Å². The van der Waals surface area contributed by atoms with E-state index in [2.05, 4.69) is 15.3 Å². The molecule has 0 aliphatic carbocycles. The standard InChI is InChI=1S/C9H12F3N3/c1-6(13-2)5-8-14-4-3-7(15-8)9(10,11)12/h3-4,6,13H,5H2,1-2H3. The van der Waals surface area contributed by atoms with Gasteiger partial charge in [-0.1, -0.05) is 0 Å². The van der Waals surface area contributed by atoms with Crippen molar-refractivity contribution in [3.63, 3.8) is 0 Å². The van der Waals surface area contributed by atoms with Crippen molar-refractivity contribution in [2.45, 2.75) is 25.6 Å². The Bertz CT molecular complexity index is 325. The lowest BCUT2D eigenvalue weighted by atomic mass is 10.2. The third-order valence-electron chi connectivity index (χ3n) is 1.98. The summed E-state index contributed by atoms with van der Waals surface area (Å²) in [6.45, 7) is 1.85. The minimum atomic E-state index is -4.40. The van der Waals surface area contributed by atoms with Gasteiger partial charge in [0.15, 0.2) is 0 Å². The maximum atomic E-state index is 12.3. The molecule has 1 aromatic rings. The molecule has 0 spiro atoms. The fourth-order valence-electron chi connectivity index (χ4n) is 1.03. The van der Waals surface area contributed by atoms with Crippen molar-refractivity contribution in [3.8, 4) is 0 Å². The van der Waals surface area contributed by atoms with E-state index < -0.39 is 11.9 Å². The lowest BCUT2D eigenvalue weighted by Crippen LogP contribution is -2.25. The van der Waals surface area contributed by atoms with Crippen LogP contribution in [0.3, 0.4) is 0 Å². The Morgan fingerprint density at radius 3 is 2.67 bits per heavy atom. The topological polar surface area (TPSA) is 37.8 Å². The summed E-state index contributed by atoms with van der Waals surface area (Å²) in [5.41, 5.74) is -0.893. The van der Waals surface area contributed by atoms with E-state index in [0.717, 1.165) is 12.3 Å². The summed E-state index contributed by atoms with van der Waals surface area (Å²) in [4.78, 5) is 7.25. The molecule has 0 fully saturated rings. The lowest BCUT2D eigenvalue weighted by Gasteiger charge is -2.10. The van der Waals surface area contributed by atoms with Gasteiger partial charge >= 0.3 is 6.18 Å². The number of rotatable bonds is 3. The van der Waals surface area contributed by atoms with Crippen molar-refractivity contribution in [2.75, 3.05) is 7.05 Å². The highest BCUT2D eigenvalue weighted by molar-refractivity contribution is 5.06. The van der Waals surface area contributed by atoms with Gasteiger partial charge in [-0.05, 0) is 20.0 Å². The molecular weight excluding hydrogens is 207 g/mol. The molecule has 6 heteroatoms. The SMILES string of the molecule is CNC(C)Cc1nccc(C(F)(F)F)n1. The van der Waals surface area contributed by atoms with Crippen LogP contribution in [0.25, 0.3) is 0 Å². The molecule has 0 aromatic carbocycles. The van der Waals surface area contributed by atoms with Gasteiger partial charge in [-0.25, -0.2) is 9.97 Å². The zero-order valence-electron chi connectivity index (χ0n) is 8.47. The van der Waals surface area contributed by atoms with Crippen molar-refractivity contribution >= 4 is 0 Å². The van der Waals surface area contributed by atoms with Crippen LogP contribution in [0.15, 0.2) is 12.3 Å². The summed E-state index contributed by atoms with van der Waals surface area (Å²) in [5.74, 6) is 0.201. The minimum absolute atomic E-state index is 0.0495. The Balaban J connectivity index is 2.84. The molecular formula is C9H12F3N3. The number of nitrogens with zero attached hydrogens (tertiary/aromatic N) is 2. The maximum absolute atomic E-state index is 12.3. The van der Waals surface area contributed by atoms with Crippen LogP contribution in [0, 0.1) is 0 Å². The summed E-state index contributed by atoms with van der Waals surface area (Å²) in [5, 5.41) is 2.91. The van der Waals surface area contributed by atoms with E-state index in [-0.39, 0.29) is 11.9 Å². The lowest BCUT2D eigenvalue weighted by molar-refractivity contribution is -0.141. The number of nitrogens with one attached hydrogen (secondary N) is 1. The van der Waals surface area contributed by atoms with Gasteiger partial charge in [0.2, 0.25) is 0 Å². The van der Waals surface area contributed by atoms with Gasteiger partial charge in [-0.15, -0.1) is 0 Å². The molecule has 1 heterocycles. The van der Waals surface area contributed by atoms with E-state index >= 15 is 0 Å². The molecule has 84 valence electrons. The van der Waals surface area contributed by atoms with Gasteiger partial charge in [-0.3, -0.25) is 0 Å². The fourth-order valence-corrected chi connectivity index (χ4v) is 1.03. The molecule has 15 heavy (non-hydrogen) atoms. The van der Waals surface area contributed by atoms with Crippen LogP contribution in [0.2, 0.25) is 0 Å². The van der Waals surface area contributed by atoms with Gasteiger partial charge in [0.1, 0.15) is 11.5 Å². The molecule has 0 bridgehead atoms. The third-order valence-corrected chi connectivity index (χ3v) is 1.98. The molecule has 1 N–H and O–H groups in total. The highest BCUT2D eigenvalue weighted by atomic mass is 19.4. The second-order valence-corrected chi connectivity index (χ2v) is 3.25. The number of aromatic nitrogens is 2. The van der Waals surface area contributed by atoms with E-state index in [4.69, 9.17) is 0 Å². The first-order chi connectivity index (χ1) is 6.93. The van der Waals surface area contributed by atoms with Crippen LogP contribution in [-0.2, 0) is 12.6 Å². The van der Waals surface area contributed by atoms with Gasteiger partial charge in [-0.2, -0.15) is 13.2 Å². The summed E-state index contributed by atoms with van der Waals surface area (Å²) < 4.78 is 36.8. The van der Waals surface area contributed by atoms with E-state index in [0.29, 0.717) is 6.42 Å². The average Bonchev–Trinajstić information content (AvgIpc) is 2.17. The molecule has 0 aliphatic heterocycles. The van der Waals surface area contributed by atoms with E-state index in [1.807, 2.05) is 6.92 Å². The Hall–Kier alpha value is -1.17. The molecule has 3 nitrogen and oxygen atoms in total. The molecule has 0 amide bonds. The second kappa shape index (κ2) is 4.57. The Morgan fingerprint density at radius 1 is 1.47 bits per heavy atom. The molecule has 1 unspecified atom stereocenters. The normalized spacial score (nSPS) is 13.9. The smallest absolute Gasteiger partial charge is 0.317 e. The molecule has 0 aliphatic rings. The number of likely N-dealkylation sites (N-methyl/N-ethyl adjacent to an activating group) is 1. The van der Waals surface area contributed by atoms with Crippen molar-refractivity contribution in [1.82, 2.24) is 15.3 Å². The fraction of sp³-hybridized carbons (Fsp3) is 0.556. The van der Waals surface area contributed by atoms with Gasteiger partial charge in [0, 0.05) is 18.7 Å². The first-order valence-electron chi connectivity index (χ1n) is 4.50. The predicted molar refractivity (Wildman–Crippen MR) is 49.3 cm³/mol. The van der Waals surface area contributed by atoms with E-state index in [1.54, 1.807) is 7.05 Å². The van der Waals surface area contributed by atoms with Crippen molar-refractivity contribution < 1.29 is 13.2 Å². The Morgan fingerprint density at radius 2 is 2.13 bits per heavy atom. The van der Waals surface area contributed by atoms with Crippen LogP contribution >= 0.6 is 0 Å². The average molecular weight is 219 g/mol. The Kier molecular flexibility index (Phi) is 3.62. The third kappa shape index (κ3) is 3.47. The molecule has 1 atom stereocenters. The second-order valence-electron chi connectivity index (χ2n) is 3.25. The number of halogens is 3. The molecule has 1 rings (SSSR count). The molecule has 0 radical (unpaired) electrons. The van der Waals surface area contributed by atoms with Crippen molar-refractivity contribution in [2.24, 2.45) is 0 Å². The van der Waals surface area contributed by atoms with Crippen LogP contribution in [0.5, 0.6) is 0 Å². The summed E-state index contributed by atoms with van der Waals surface area (Å²) in [7, 11) is 1.73. The Labute approximate surface area is 85.7 Å². The maximum Gasteiger partial charge on any atom is 0.433 e. The highest BCUT2D eigenvalue weighted by Crippen LogP contribution is 2.26. The van der Waals surface area contributed by atoms with Gasteiger partial charge < -0.3 is 5.32 Å². The largest absolute Gasteiger partial charge is 0.433 e. The number of alkyl halides is 3. The zero-order valence-corrected chi connectivity index (χ0v) is 8.47. The number of hydrogen-bond donors (Lipinski definition) is 1. The van der Waals surface area contributed by atoms with Gasteiger partial charge in [0.25, 0.3) is 0 Å². The molecule has 1 aromatic heterocycles. The first-order valence-corrected chi connectivity index (χ1v) is 4.50. The van der Waals surface area contributed by atoms with Crippen molar-refractivity contribution in [3.05, 3.63) is 23.8 Å². The quantitative estimate of drug-likeness (QED) is 0.839.